The fourth-order valence-corrected chi connectivity index (χ4v) is 2.71. The molecule has 1 rings (SSSR count). The predicted octanol–water partition coefficient (Wildman–Crippen LogP) is 4.23. The van der Waals surface area contributed by atoms with Gasteiger partial charge in [-0.2, -0.15) is 17.0 Å². The first-order valence-electron chi connectivity index (χ1n) is 5.74. The molecule has 0 radical (unpaired) electrons. The first-order valence-corrected chi connectivity index (χ1v) is 6.89. The van der Waals surface area contributed by atoms with Crippen LogP contribution in [-0.2, 0) is 5.75 Å². The molecule has 0 saturated heterocycles. The normalized spacial score (nSPS) is 10.1. The Labute approximate surface area is 103 Å². The summed E-state index contributed by atoms with van der Waals surface area (Å²) in [5, 5.41) is 8.41. The summed E-state index contributed by atoms with van der Waals surface area (Å²) in [6.07, 6.45) is 2.89. The van der Waals surface area contributed by atoms with Gasteiger partial charge >= 0.3 is 0 Å². The van der Waals surface area contributed by atoms with Crippen LogP contribution in [0.25, 0.3) is 0 Å². The second-order valence-electron chi connectivity index (χ2n) is 4.16. The van der Waals surface area contributed by atoms with Crippen LogP contribution in [0.15, 0.2) is 18.2 Å². The van der Waals surface area contributed by atoms with Gasteiger partial charge in [0.1, 0.15) is 0 Å². The summed E-state index contributed by atoms with van der Waals surface area (Å²) >= 11 is 1.96. The van der Waals surface area contributed by atoms with Crippen molar-refractivity contribution in [3.8, 4) is 6.07 Å². The molecule has 0 aromatic heterocycles. The maximum Gasteiger partial charge on any atom is 0.0621 e. The zero-order valence-electron chi connectivity index (χ0n) is 10.1. The van der Waals surface area contributed by atoms with E-state index in [1.807, 2.05) is 11.8 Å². The molecule has 0 aliphatic carbocycles. The molecule has 0 atom stereocenters. The Hall–Kier alpha value is -0.940. The molecule has 0 unspecified atom stereocenters. The molecule has 2 heteroatoms. The summed E-state index contributed by atoms with van der Waals surface area (Å²) in [5.74, 6) is 2.25. The number of nitrogens with zero attached hydrogens (tertiary/aromatic N) is 1. The zero-order valence-corrected chi connectivity index (χ0v) is 10.9. The van der Waals surface area contributed by atoms with Crippen LogP contribution in [0.2, 0.25) is 0 Å². The van der Waals surface area contributed by atoms with Crippen LogP contribution in [0.1, 0.15) is 36.0 Å². The minimum atomic E-state index is 0.699. The predicted molar refractivity (Wildman–Crippen MR) is 71.5 cm³/mol. The van der Waals surface area contributed by atoms with Crippen LogP contribution in [0.5, 0.6) is 0 Å². The van der Waals surface area contributed by atoms with Gasteiger partial charge in [0.05, 0.1) is 6.07 Å². The molecule has 0 fully saturated rings. The van der Waals surface area contributed by atoms with E-state index in [1.165, 1.54) is 16.7 Å². The summed E-state index contributed by atoms with van der Waals surface area (Å²) < 4.78 is 0. The van der Waals surface area contributed by atoms with Gasteiger partial charge in [-0.3, -0.25) is 0 Å². The van der Waals surface area contributed by atoms with Gasteiger partial charge in [-0.15, -0.1) is 0 Å². The molecule has 1 nitrogen and oxygen atoms in total. The van der Waals surface area contributed by atoms with E-state index in [9.17, 15) is 0 Å². The lowest BCUT2D eigenvalue weighted by atomic mass is 10.1. The van der Waals surface area contributed by atoms with E-state index < -0.39 is 0 Å². The first kappa shape index (κ1) is 13.1. The molecule has 0 spiro atoms. The quantitative estimate of drug-likeness (QED) is 0.686. The molecule has 0 saturated carbocycles. The van der Waals surface area contributed by atoms with Crippen LogP contribution in [0, 0.1) is 25.2 Å². The Bertz CT molecular complexity index is 345. The highest BCUT2D eigenvalue weighted by molar-refractivity contribution is 7.98. The minimum Gasteiger partial charge on any atom is -0.198 e. The summed E-state index contributed by atoms with van der Waals surface area (Å²) in [6, 6.07) is 8.91. The van der Waals surface area contributed by atoms with Gasteiger partial charge in [-0.05, 0) is 38.0 Å². The molecular weight excluding hydrogens is 214 g/mol. The number of nitriles is 1. The van der Waals surface area contributed by atoms with Crippen LogP contribution in [0.3, 0.4) is 0 Å². The van der Waals surface area contributed by atoms with E-state index in [1.54, 1.807) is 0 Å². The third kappa shape index (κ3) is 5.23. The molecule has 0 heterocycles. The largest absolute Gasteiger partial charge is 0.198 e. The highest BCUT2D eigenvalue weighted by atomic mass is 32.2. The number of hydrogen-bond acceptors (Lipinski definition) is 2. The molecule has 0 N–H and O–H groups in total. The van der Waals surface area contributed by atoms with E-state index in [4.69, 9.17) is 5.26 Å². The molecule has 0 aliphatic rings. The van der Waals surface area contributed by atoms with Crippen LogP contribution in [0.4, 0.5) is 0 Å². The van der Waals surface area contributed by atoms with Crippen molar-refractivity contribution in [3.05, 3.63) is 34.9 Å². The Morgan fingerprint density at radius 1 is 1.12 bits per heavy atom. The average molecular weight is 233 g/mol. The zero-order chi connectivity index (χ0) is 11.8. The molecule has 86 valence electrons. The van der Waals surface area contributed by atoms with Gasteiger partial charge < -0.3 is 0 Å². The third-order valence-corrected chi connectivity index (χ3v) is 3.49. The van der Waals surface area contributed by atoms with Crippen molar-refractivity contribution in [3.63, 3.8) is 0 Å². The summed E-state index contributed by atoms with van der Waals surface area (Å²) in [5.41, 5.74) is 4.11. The van der Waals surface area contributed by atoms with E-state index in [-0.39, 0.29) is 0 Å². The lowest BCUT2D eigenvalue weighted by molar-refractivity contribution is 0.830. The average Bonchev–Trinajstić information content (AvgIpc) is 2.22. The van der Waals surface area contributed by atoms with E-state index in [2.05, 4.69) is 38.1 Å². The van der Waals surface area contributed by atoms with Gasteiger partial charge in [-0.1, -0.05) is 29.3 Å². The Morgan fingerprint density at radius 3 is 2.44 bits per heavy atom. The van der Waals surface area contributed by atoms with Crippen molar-refractivity contribution >= 4 is 11.8 Å². The number of thioether (sulfide) groups is 1. The van der Waals surface area contributed by atoms with E-state index in [0.29, 0.717) is 6.42 Å². The fraction of sp³-hybridized carbons (Fsp3) is 0.500. The highest BCUT2D eigenvalue weighted by Gasteiger charge is 1.96. The van der Waals surface area contributed by atoms with E-state index in [0.717, 1.165) is 24.3 Å². The second-order valence-corrected chi connectivity index (χ2v) is 5.27. The molecule has 1 aromatic rings. The summed E-state index contributed by atoms with van der Waals surface area (Å²) in [4.78, 5) is 0. The summed E-state index contributed by atoms with van der Waals surface area (Å²) in [6.45, 7) is 4.29. The molecular formula is C14H19NS. The molecule has 16 heavy (non-hydrogen) atoms. The molecule has 0 bridgehead atoms. The molecule has 0 amide bonds. The molecule has 1 aromatic carbocycles. The van der Waals surface area contributed by atoms with Crippen molar-refractivity contribution in [2.24, 2.45) is 0 Å². The standard InChI is InChI=1S/C14H19NS/c1-12-8-13(2)10-14(9-12)11-16-7-5-3-4-6-15/h8-10H,3-5,7,11H2,1-2H3. The number of unbranched alkanes of at least 4 members (excludes halogenated alkanes) is 2. The van der Waals surface area contributed by atoms with Crippen molar-refractivity contribution in [1.82, 2.24) is 0 Å². The maximum atomic E-state index is 8.41. The molecule has 0 aliphatic heterocycles. The Balaban J connectivity index is 2.24. The highest BCUT2D eigenvalue weighted by Crippen LogP contribution is 2.17. The number of hydrogen-bond donors (Lipinski definition) is 0. The lowest BCUT2D eigenvalue weighted by Gasteiger charge is -2.04. The first-order chi connectivity index (χ1) is 7.72. The number of rotatable bonds is 6. The monoisotopic (exact) mass is 233 g/mol. The smallest absolute Gasteiger partial charge is 0.0621 e. The van der Waals surface area contributed by atoms with Crippen molar-refractivity contribution in [2.75, 3.05) is 5.75 Å². The topological polar surface area (TPSA) is 23.8 Å². The Morgan fingerprint density at radius 2 is 1.81 bits per heavy atom. The van der Waals surface area contributed by atoms with Crippen LogP contribution < -0.4 is 0 Å². The lowest BCUT2D eigenvalue weighted by Crippen LogP contribution is -1.87. The van der Waals surface area contributed by atoms with Gasteiger partial charge in [0.15, 0.2) is 0 Å². The third-order valence-electron chi connectivity index (χ3n) is 2.38. The van der Waals surface area contributed by atoms with E-state index >= 15 is 0 Å². The van der Waals surface area contributed by atoms with Crippen LogP contribution >= 0.6 is 11.8 Å². The number of aryl methyl sites for hydroxylation is 2. The van der Waals surface area contributed by atoms with Crippen molar-refractivity contribution in [2.45, 2.75) is 38.9 Å². The SMILES string of the molecule is Cc1cc(C)cc(CSCCCCC#N)c1. The van der Waals surface area contributed by atoms with Gasteiger partial charge in [-0.25, -0.2) is 0 Å². The number of benzene rings is 1. The minimum absolute atomic E-state index is 0.699. The van der Waals surface area contributed by atoms with Gasteiger partial charge in [0.2, 0.25) is 0 Å². The maximum absolute atomic E-state index is 8.41. The fourth-order valence-electron chi connectivity index (χ4n) is 1.75. The van der Waals surface area contributed by atoms with Crippen LogP contribution in [-0.4, -0.2) is 5.75 Å². The second kappa shape index (κ2) is 7.35. The van der Waals surface area contributed by atoms with Gasteiger partial charge in [0.25, 0.3) is 0 Å². The van der Waals surface area contributed by atoms with Crippen molar-refractivity contribution in [1.29, 1.82) is 5.26 Å². The van der Waals surface area contributed by atoms with Crippen molar-refractivity contribution < 1.29 is 0 Å². The van der Waals surface area contributed by atoms with Gasteiger partial charge in [0, 0.05) is 12.2 Å². The summed E-state index contributed by atoms with van der Waals surface area (Å²) in [7, 11) is 0. The Kier molecular flexibility index (Phi) is 6.03.